The first kappa shape index (κ1) is 70.0. The highest BCUT2D eigenvalue weighted by Gasteiger charge is 2.24. The molecule has 0 unspecified atom stereocenters. The SMILES string of the molecule is C.C.CCC(CC)c1ccc(N=C=O)c(C)c1.CCN(CC)c1ccc(NC(=O)OCCS(=O)(=O)CS(=O)(=O)CCOC(=O)Nc2ccc(N(CC)CC)cc2C)c(C)c1.O=S(=O)(CCO)CS(=O)(=O)CCO. The minimum atomic E-state index is -4.12. The molecule has 416 valence electrons. The number of nitrogens with one attached hydrogen (secondary N) is 2. The van der Waals surface area contributed by atoms with Gasteiger partial charge in [0.2, 0.25) is 6.08 Å². The largest absolute Gasteiger partial charge is 0.448 e. The predicted molar refractivity (Wildman–Crippen MR) is 294 cm³/mol. The van der Waals surface area contributed by atoms with Crippen LogP contribution < -0.4 is 20.4 Å². The van der Waals surface area contributed by atoms with Crippen molar-refractivity contribution in [3.63, 3.8) is 0 Å². The topological polar surface area (TPSA) is 290 Å². The zero-order chi connectivity index (χ0) is 54.0. The van der Waals surface area contributed by atoms with E-state index in [2.05, 4.69) is 51.4 Å². The van der Waals surface area contributed by atoms with Crippen LogP contribution in [0.5, 0.6) is 0 Å². The summed E-state index contributed by atoms with van der Waals surface area (Å²) >= 11 is 0. The van der Waals surface area contributed by atoms with E-state index in [9.17, 15) is 48.1 Å². The van der Waals surface area contributed by atoms with Crippen molar-refractivity contribution in [2.45, 2.75) is 95.9 Å². The van der Waals surface area contributed by atoms with E-state index in [0.717, 1.165) is 72.8 Å². The van der Waals surface area contributed by atoms with E-state index in [4.69, 9.17) is 19.7 Å². The lowest BCUT2D eigenvalue weighted by Gasteiger charge is -2.22. The van der Waals surface area contributed by atoms with Crippen LogP contribution in [0.15, 0.2) is 59.6 Å². The second-order valence-electron chi connectivity index (χ2n) is 16.1. The van der Waals surface area contributed by atoms with Crippen LogP contribution >= 0.6 is 0 Å². The van der Waals surface area contributed by atoms with Gasteiger partial charge in [-0.25, -0.2) is 48.1 Å². The fraction of sp³-hybridized carbons (Fsp3) is 0.571. The van der Waals surface area contributed by atoms with Gasteiger partial charge >= 0.3 is 12.2 Å². The lowest BCUT2D eigenvalue weighted by Crippen LogP contribution is -2.27. The molecular formula is C49H81N5O15S4. The van der Waals surface area contributed by atoms with E-state index in [1.807, 2.05) is 78.8 Å². The number of carbonyl (C=O) groups is 2. The van der Waals surface area contributed by atoms with Gasteiger partial charge in [0.1, 0.15) is 13.2 Å². The molecular weight excluding hydrogens is 1030 g/mol. The number of hydrogen-bond donors (Lipinski definition) is 4. The standard InChI is InChI=1S/C29H44N4O8S2.C13H17NO.C5H12O6S2.2CH4/c1-7-32(8-2)24-11-13-26(22(5)19-24)30-28(34)40-15-17-42(36,37)21-43(38,39)18-16-41-29(35)31-27-14-12-25(20-23(27)6)33(9-3)10-4;1-4-11(5-2)12-6-7-13(14-9-15)10(3)8-12;6-1-3-12(8,9)5-13(10,11)4-2-7;;/h11-14,19-20H,7-10,15-18,21H2,1-6H3,(H,30,34)(H,31,35);6-8,11H,4-5H2,1-3H3;6-7H,1-5H2;2*1H4. The zero-order valence-corrected chi connectivity index (χ0v) is 45.5. The highest BCUT2D eigenvalue weighted by atomic mass is 32.3. The predicted octanol–water partition coefficient (Wildman–Crippen LogP) is 7.48. The average molecular weight is 1110 g/mol. The van der Waals surface area contributed by atoms with Crippen molar-refractivity contribution in [3.05, 3.63) is 76.9 Å². The summed E-state index contributed by atoms with van der Waals surface area (Å²) < 4.78 is 103. The second kappa shape index (κ2) is 34.4. The molecule has 4 N–H and O–H groups in total. The Morgan fingerprint density at radius 3 is 1.25 bits per heavy atom. The normalized spacial score (nSPS) is 11.2. The van der Waals surface area contributed by atoms with Gasteiger partial charge in [-0.3, -0.25) is 10.6 Å². The molecule has 2 amide bonds. The molecule has 0 aliphatic rings. The van der Waals surface area contributed by atoms with Gasteiger partial charge in [0.05, 0.1) is 41.9 Å². The minimum absolute atomic E-state index is 0. The third-order valence-electron chi connectivity index (χ3n) is 10.8. The van der Waals surface area contributed by atoms with Crippen LogP contribution in [0.25, 0.3) is 0 Å². The highest BCUT2D eigenvalue weighted by molar-refractivity contribution is 8.08. The van der Waals surface area contributed by atoms with Crippen LogP contribution in [-0.2, 0) is 53.6 Å². The number of benzene rings is 3. The first-order valence-corrected chi connectivity index (χ1v) is 30.4. The van der Waals surface area contributed by atoms with E-state index in [-0.39, 0.29) is 14.9 Å². The number of isocyanates is 1. The van der Waals surface area contributed by atoms with Gasteiger partial charge < -0.3 is 29.5 Å². The smallest absolute Gasteiger partial charge is 0.411 e. The van der Waals surface area contributed by atoms with Crippen LogP contribution in [0.4, 0.5) is 38.0 Å². The maximum absolute atomic E-state index is 12.4. The molecule has 3 rings (SSSR count). The Morgan fingerprint density at radius 2 is 0.945 bits per heavy atom. The summed E-state index contributed by atoms with van der Waals surface area (Å²) in [4.78, 5) is 42.5. The first-order valence-electron chi connectivity index (χ1n) is 23.1. The number of aliphatic hydroxyl groups excluding tert-OH is 2. The molecule has 3 aromatic carbocycles. The number of aliphatic hydroxyl groups is 2. The van der Waals surface area contributed by atoms with E-state index >= 15 is 0 Å². The zero-order valence-electron chi connectivity index (χ0n) is 42.3. The fourth-order valence-corrected chi connectivity index (χ4v) is 14.4. The molecule has 20 nitrogen and oxygen atoms in total. The van der Waals surface area contributed by atoms with Crippen LogP contribution in [0.2, 0.25) is 0 Å². The summed E-state index contributed by atoms with van der Waals surface area (Å²) in [5, 5.41) is 19.6. The molecule has 24 heteroatoms. The van der Waals surface area contributed by atoms with Gasteiger partial charge in [0.15, 0.2) is 49.5 Å². The molecule has 73 heavy (non-hydrogen) atoms. The Morgan fingerprint density at radius 1 is 0.575 bits per heavy atom. The Balaban J connectivity index is 0. The van der Waals surface area contributed by atoms with Gasteiger partial charge in [-0.2, -0.15) is 4.99 Å². The lowest BCUT2D eigenvalue weighted by molar-refractivity contribution is 0.167. The Hall–Kier alpha value is -5.10. The van der Waals surface area contributed by atoms with Gasteiger partial charge in [-0.15, -0.1) is 0 Å². The summed E-state index contributed by atoms with van der Waals surface area (Å²) in [6.07, 6.45) is 2.16. The van der Waals surface area contributed by atoms with Crippen molar-refractivity contribution < 1.29 is 67.7 Å². The third-order valence-corrected chi connectivity index (χ3v) is 19.7. The number of carbonyl (C=O) groups excluding carboxylic acids is 3. The van der Waals surface area contributed by atoms with Crippen molar-refractivity contribution in [2.75, 3.05) is 106 Å². The average Bonchev–Trinajstić information content (AvgIpc) is 3.27. The molecule has 3 aromatic rings. The molecule has 0 aliphatic heterocycles. The highest BCUT2D eigenvalue weighted by Crippen LogP contribution is 2.28. The van der Waals surface area contributed by atoms with Crippen molar-refractivity contribution >= 4 is 86.1 Å². The van der Waals surface area contributed by atoms with E-state index in [0.29, 0.717) is 17.3 Å². The van der Waals surface area contributed by atoms with Crippen LogP contribution in [0.3, 0.4) is 0 Å². The maximum Gasteiger partial charge on any atom is 0.411 e. The number of sulfone groups is 4. The second-order valence-corrected chi connectivity index (χ2v) is 25.6. The van der Waals surface area contributed by atoms with Crippen LogP contribution in [-0.4, -0.2) is 148 Å². The van der Waals surface area contributed by atoms with Crippen molar-refractivity contribution in [1.82, 2.24) is 0 Å². The molecule has 0 atom stereocenters. The number of nitrogens with zero attached hydrogens (tertiary/aromatic N) is 3. The molecule has 0 radical (unpaired) electrons. The Labute approximate surface area is 435 Å². The number of ether oxygens (including phenoxy) is 2. The van der Waals surface area contributed by atoms with Gasteiger partial charge in [0, 0.05) is 48.9 Å². The third kappa shape index (κ3) is 26.6. The monoisotopic (exact) mass is 1110 g/mol. The van der Waals surface area contributed by atoms with Crippen LogP contribution in [0, 0.1) is 20.8 Å². The minimum Gasteiger partial charge on any atom is -0.448 e. The quantitative estimate of drug-likeness (QED) is 0.0447. The Kier molecular flexibility index (Phi) is 33.0. The Bertz CT molecular complexity index is 2520. The summed E-state index contributed by atoms with van der Waals surface area (Å²) in [5.74, 6) is -1.89. The molecule has 0 saturated heterocycles. The lowest BCUT2D eigenvalue weighted by atomic mass is 9.92. The van der Waals surface area contributed by atoms with Crippen molar-refractivity contribution in [2.24, 2.45) is 4.99 Å². The number of aryl methyl sites for hydroxylation is 3. The molecule has 0 aromatic heterocycles. The van der Waals surface area contributed by atoms with Crippen molar-refractivity contribution in [3.8, 4) is 0 Å². The fourth-order valence-electron chi connectivity index (χ4n) is 6.89. The number of aliphatic imine (C=N–C) groups is 1. The molecule has 0 fully saturated rings. The maximum atomic E-state index is 12.4. The summed E-state index contributed by atoms with van der Waals surface area (Å²) in [6, 6.07) is 17.1. The van der Waals surface area contributed by atoms with E-state index < -0.39 is 111 Å². The summed E-state index contributed by atoms with van der Waals surface area (Å²) in [5.41, 5.74) is 7.76. The molecule has 0 aliphatic carbocycles. The summed E-state index contributed by atoms with van der Waals surface area (Å²) in [7, 11) is -15.8. The number of rotatable bonds is 26. The number of anilines is 4. The van der Waals surface area contributed by atoms with Gasteiger partial charge in [-0.1, -0.05) is 40.8 Å². The number of amides is 2. The van der Waals surface area contributed by atoms with Crippen LogP contribution in [0.1, 0.15) is 97.4 Å². The van der Waals surface area contributed by atoms with E-state index in [1.54, 1.807) is 18.2 Å². The molecule has 0 bridgehead atoms. The summed E-state index contributed by atoms with van der Waals surface area (Å²) in [6.45, 7) is 19.3. The number of hydrogen-bond acceptors (Lipinski definition) is 18. The molecule has 0 spiro atoms. The molecule has 0 saturated carbocycles. The van der Waals surface area contributed by atoms with Gasteiger partial charge in [0.25, 0.3) is 0 Å². The van der Waals surface area contributed by atoms with Gasteiger partial charge in [-0.05, 0) is 132 Å². The van der Waals surface area contributed by atoms with Crippen molar-refractivity contribution in [1.29, 1.82) is 0 Å². The first-order chi connectivity index (χ1) is 33.3. The van der Waals surface area contributed by atoms with E-state index in [1.165, 1.54) is 5.56 Å². The molecule has 0 heterocycles.